The first-order chi connectivity index (χ1) is 11.6. The summed E-state index contributed by atoms with van der Waals surface area (Å²) in [5.74, 6) is 0.887. The molecule has 0 spiro atoms. The van der Waals surface area contributed by atoms with Crippen molar-refractivity contribution in [2.45, 2.75) is 43.7 Å². The molecule has 0 saturated carbocycles. The van der Waals surface area contributed by atoms with Crippen LogP contribution in [-0.2, 0) is 11.2 Å². The molecule has 3 N–H and O–H groups in total. The van der Waals surface area contributed by atoms with Crippen molar-refractivity contribution in [2.24, 2.45) is 0 Å². The van der Waals surface area contributed by atoms with Gasteiger partial charge in [0.1, 0.15) is 18.0 Å². The summed E-state index contributed by atoms with van der Waals surface area (Å²) in [6.07, 6.45) is 0.135. The predicted octanol–water partition coefficient (Wildman–Crippen LogP) is 0.185. The van der Waals surface area contributed by atoms with Crippen LogP contribution >= 0.6 is 0 Å². The van der Waals surface area contributed by atoms with Gasteiger partial charge in [0.15, 0.2) is 0 Å². The Balaban J connectivity index is 1.46. The van der Waals surface area contributed by atoms with Gasteiger partial charge in [0.05, 0.1) is 25.4 Å². The molecule has 2 heterocycles. The van der Waals surface area contributed by atoms with Crippen molar-refractivity contribution >= 4 is 0 Å². The Labute approximate surface area is 142 Å². The second kappa shape index (κ2) is 8.27. The fourth-order valence-corrected chi connectivity index (χ4v) is 3.27. The Hall–Kier alpha value is -1.18. The van der Waals surface area contributed by atoms with Gasteiger partial charge in [-0.1, -0.05) is 12.1 Å². The van der Waals surface area contributed by atoms with Crippen LogP contribution in [0.3, 0.4) is 0 Å². The highest BCUT2D eigenvalue weighted by Gasteiger charge is 2.32. The van der Waals surface area contributed by atoms with Crippen molar-refractivity contribution in [3.63, 3.8) is 0 Å². The summed E-state index contributed by atoms with van der Waals surface area (Å²) in [4.78, 5) is 1.98. The minimum absolute atomic E-state index is 0.243. The zero-order valence-corrected chi connectivity index (χ0v) is 13.9. The van der Waals surface area contributed by atoms with Crippen molar-refractivity contribution in [3.8, 4) is 5.75 Å². The molecule has 24 heavy (non-hydrogen) atoms. The third-order valence-corrected chi connectivity index (χ3v) is 4.79. The molecule has 0 bridgehead atoms. The number of β-amino-alcohol motifs (C(OH)–C–C–N with tert-alkyl or cyclic N) is 2. The summed E-state index contributed by atoms with van der Waals surface area (Å²) in [5.41, 5.74) is 1.18. The number of benzene rings is 1. The molecule has 2 saturated heterocycles. The second-order valence-electron chi connectivity index (χ2n) is 6.71. The Morgan fingerprint density at radius 1 is 1.00 bits per heavy atom. The van der Waals surface area contributed by atoms with Crippen molar-refractivity contribution in [2.75, 3.05) is 32.8 Å². The van der Waals surface area contributed by atoms with E-state index in [4.69, 9.17) is 9.47 Å². The molecule has 0 aliphatic carbocycles. The average molecular weight is 337 g/mol. The van der Waals surface area contributed by atoms with Crippen LogP contribution in [0.15, 0.2) is 24.3 Å². The van der Waals surface area contributed by atoms with Crippen LogP contribution in [0, 0.1) is 0 Å². The lowest BCUT2D eigenvalue weighted by atomic mass is 10.0. The van der Waals surface area contributed by atoms with Crippen LogP contribution in [0.4, 0.5) is 0 Å². The first-order valence-corrected chi connectivity index (χ1v) is 8.72. The minimum atomic E-state index is -1.04. The first-order valence-electron chi connectivity index (χ1n) is 8.72. The van der Waals surface area contributed by atoms with Crippen LogP contribution in [0.25, 0.3) is 0 Å². The van der Waals surface area contributed by atoms with E-state index in [1.807, 2.05) is 17.0 Å². The highest BCUT2D eigenvalue weighted by Crippen LogP contribution is 2.19. The molecule has 3 atom stereocenters. The monoisotopic (exact) mass is 337 g/mol. The van der Waals surface area contributed by atoms with Gasteiger partial charge < -0.3 is 24.8 Å². The van der Waals surface area contributed by atoms with Gasteiger partial charge in [-0.05, 0) is 24.1 Å². The SMILES string of the molecule is O[C@H]1[C@H](O)CN(CCc2ccc(OC3CCOCC3)cc2)C[C@@H]1O. The van der Waals surface area contributed by atoms with E-state index in [2.05, 4.69) is 12.1 Å². The lowest BCUT2D eigenvalue weighted by Crippen LogP contribution is -2.55. The van der Waals surface area contributed by atoms with Crippen molar-refractivity contribution in [3.05, 3.63) is 29.8 Å². The molecule has 6 heteroatoms. The van der Waals surface area contributed by atoms with Gasteiger partial charge in [-0.3, -0.25) is 4.90 Å². The van der Waals surface area contributed by atoms with Crippen molar-refractivity contribution < 1.29 is 24.8 Å². The maximum absolute atomic E-state index is 9.73. The molecular formula is C18H27NO5. The average Bonchev–Trinajstić information content (AvgIpc) is 2.60. The lowest BCUT2D eigenvalue weighted by molar-refractivity contribution is -0.109. The summed E-state index contributed by atoms with van der Waals surface area (Å²) in [5, 5.41) is 29.0. The molecule has 6 nitrogen and oxygen atoms in total. The molecule has 1 aromatic carbocycles. The lowest BCUT2D eigenvalue weighted by Gasteiger charge is -2.36. The van der Waals surface area contributed by atoms with Crippen LogP contribution < -0.4 is 4.74 Å². The predicted molar refractivity (Wildman–Crippen MR) is 89.1 cm³/mol. The summed E-state index contributed by atoms with van der Waals surface area (Å²) >= 11 is 0. The number of hydrogen-bond acceptors (Lipinski definition) is 6. The summed E-state index contributed by atoms with van der Waals surface area (Å²) in [6, 6.07) is 8.10. The topological polar surface area (TPSA) is 82.4 Å². The number of nitrogens with zero attached hydrogens (tertiary/aromatic N) is 1. The van der Waals surface area contributed by atoms with E-state index >= 15 is 0 Å². The summed E-state index contributed by atoms with van der Waals surface area (Å²) in [7, 11) is 0. The third kappa shape index (κ3) is 4.68. The Kier molecular flexibility index (Phi) is 6.08. The summed E-state index contributed by atoms with van der Waals surface area (Å²) < 4.78 is 11.3. The van der Waals surface area contributed by atoms with E-state index in [0.29, 0.717) is 13.1 Å². The maximum atomic E-state index is 9.73. The Morgan fingerprint density at radius 3 is 2.25 bits per heavy atom. The van der Waals surface area contributed by atoms with Gasteiger partial charge in [0.2, 0.25) is 0 Å². The van der Waals surface area contributed by atoms with Gasteiger partial charge >= 0.3 is 0 Å². The van der Waals surface area contributed by atoms with E-state index < -0.39 is 18.3 Å². The zero-order chi connectivity index (χ0) is 16.9. The molecule has 0 aromatic heterocycles. The maximum Gasteiger partial charge on any atom is 0.119 e. The number of rotatable bonds is 5. The van der Waals surface area contributed by atoms with Gasteiger partial charge in [0.25, 0.3) is 0 Å². The normalized spacial score (nSPS) is 29.5. The molecule has 0 amide bonds. The van der Waals surface area contributed by atoms with E-state index in [1.54, 1.807) is 0 Å². The molecule has 2 fully saturated rings. The number of aliphatic hydroxyl groups is 3. The number of ether oxygens (including phenoxy) is 2. The smallest absolute Gasteiger partial charge is 0.119 e. The van der Waals surface area contributed by atoms with Crippen LogP contribution in [-0.4, -0.2) is 77.5 Å². The molecule has 0 radical (unpaired) electrons. The van der Waals surface area contributed by atoms with Gasteiger partial charge in [-0.25, -0.2) is 0 Å². The van der Waals surface area contributed by atoms with Crippen LogP contribution in [0.2, 0.25) is 0 Å². The highest BCUT2D eigenvalue weighted by molar-refractivity contribution is 5.27. The third-order valence-electron chi connectivity index (χ3n) is 4.79. The molecule has 2 aliphatic heterocycles. The fraction of sp³-hybridized carbons (Fsp3) is 0.667. The van der Waals surface area contributed by atoms with Gasteiger partial charge in [-0.15, -0.1) is 0 Å². The standard InChI is InChI=1S/C18H27NO5/c20-16-11-19(12-17(21)18(16)22)8-5-13-1-3-14(4-2-13)24-15-6-9-23-10-7-15/h1-4,15-18,20-22H,5-12H2/t16-,17+,18+. The minimum Gasteiger partial charge on any atom is -0.490 e. The van der Waals surface area contributed by atoms with Gasteiger partial charge in [0, 0.05) is 32.5 Å². The number of piperidine rings is 1. The molecule has 134 valence electrons. The molecule has 1 aromatic rings. The number of likely N-dealkylation sites (tertiary alicyclic amines) is 1. The van der Waals surface area contributed by atoms with E-state index in [9.17, 15) is 15.3 Å². The Bertz CT molecular complexity index is 491. The zero-order valence-electron chi connectivity index (χ0n) is 13.9. The van der Waals surface area contributed by atoms with Crippen molar-refractivity contribution in [1.29, 1.82) is 0 Å². The highest BCUT2D eigenvalue weighted by atomic mass is 16.5. The van der Waals surface area contributed by atoms with Crippen LogP contribution in [0.1, 0.15) is 18.4 Å². The van der Waals surface area contributed by atoms with Gasteiger partial charge in [-0.2, -0.15) is 0 Å². The van der Waals surface area contributed by atoms with Crippen LogP contribution in [0.5, 0.6) is 5.75 Å². The second-order valence-corrected chi connectivity index (χ2v) is 6.71. The first kappa shape index (κ1) is 17.6. The van der Waals surface area contributed by atoms with E-state index in [-0.39, 0.29) is 6.10 Å². The quantitative estimate of drug-likeness (QED) is 0.711. The Morgan fingerprint density at radius 2 is 1.62 bits per heavy atom. The van der Waals surface area contributed by atoms with Crippen molar-refractivity contribution in [1.82, 2.24) is 4.90 Å². The van der Waals surface area contributed by atoms with E-state index in [0.717, 1.165) is 44.8 Å². The molecule has 0 unspecified atom stereocenters. The van der Waals surface area contributed by atoms with E-state index in [1.165, 1.54) is 5.56 Å². The molecule has 3 rings (SSSR count). The number of hydrogen-bond donors (Lipinski definition) is 3. The molecular weight excluding hydrogens is 310 g/mol. The number of aliphatic hydroxyl groups excluding tert-OH is 3. The fourth-order valence-electron chi connectivity index (χ4n) is 3.27. The summed E-state index contributed by atoms with van der Waals surface area (Å²) in [6.45, 7) is 3.06. The largest absolute Gasteiger partial charge is 0.490 e. The molecule has 2 aliphatic rings.